The molecule has 6 heteroatoms. The highest BCUT2D eigenvalue weighted by atomic mass is 15.2. The maximum Gasteiger partial charge on any atom is 0.0222 e. The van der Waals surface area contributed by atoms with Gasteiger partial charge < -0.3 is 28.3 Å². The van der Waals surface area contributed by atoms with Gasteiger partial charge in [-0.25, -0.2) is 0 Å². The van der Waals surface area contributed by atoms with Crippen LogP contribution >= 0.6 is 0 Å². The van der Waals surface area contributed by atoms with Crippen LogP contribution in [-0.2, 0) is 0 Å². The summed E-state index contributed by atoms with van der Waals surface area (Å²) in [6.07, 6.45) is 3.14. The maximum atomic E-state index is 5.66. The molecule has 110 valence electrons. The molecular weight excluding hydrogens is 228 g/mol. The molecule has 1 unspecified atom stereocenters. The first-order chi connectivity index (χ1) is 8.79. The van der Waals surface area contributed by atoms with Crippen molar-refractivity contribution < 1.29 is 0 Å². The van der Waals surface area contributed by atoms with Crippen LogP contribution in [0.2, 0.25) is 0 Å². The van der Waals surface area contributed by atoms with E-state index in [0.29, 0.717) is 19.1 Å². The smallest absolute Gasteiger partial charge is 0.0222 e. The molecule has 0 rings (SSSR count). The van der Waals surface area contributed by atoms with Crippen LogP contribution in [0.1, 0.15) is 19.3 Å². The number of nitrogens with zero attached hydrogens (tertiary/aromatic N) is 1. The summed E-state index contributed by atoms with van der Waals surface area (Å²) < 4.78 is 0. The molecule has 0 spiro atoms. The van der Waals surface area contributed by atoms with Crippen molar-refractivity contribution in [3.05, 3.63) is 0 Å². The summed E-state index contributed by atoms with van der Waals surface area (Å²) in [6.45, 7) is 6.52. The molecule has 0 saturated carbocycles. The number of nitrogens with two attached hydrogens (primary N) is 4. The third-order valence-electron chi connectivity index (χ3n) is 3.03. The molecule has 0 aliphatic rings. The molecule has 0 saturated heterocycles. The summed E-state index contributed by atoms with van der Waals surface area (Å²) in [5, 5.41) is 3.45. The summed E-state index contributed by atoms with van der Waals surface area (Å²) in [4.78, 5) is 2.37. The van der Waals surface area contributed by atoms with Gasteiger partial charge in [0.05, 0.1) is 0 Å². The van der Waals surface area contributed by atoms with Crippen molar-refractivity contribution in [2.24, 2.45) is 22.9 Å². The normalized spacial score (nSPS) is 13.2. The maximum absolute atomic E-state index is 5.66. The molecule has 6 nitrogen and oxygen atoms in total. The van der Waals surface area contributed by atoms with Gasteiger partial charge in [-0.2, -0.15) is 0 Å². The Bertz CT molecular complexity index is 161. The van der Waals surface area contributed by atoms with Crippen molar-refractivity contribution in [1.29, 1.82) is 0 Å². The summed E-state index contributed by atoms with van der Waals surface area (Å²) in [5.41, 5.74) is 22.4. The quantitative estimate of drug-likeness (QED) is 0.251. The minimum absolute atomic E-state index is 0.471. The summed E-state index contributed by atoms with van der Waals surface area (Å²) in [5.74, 6) is 0. The Hall–Kier alpha value is -0.240. The lowest BCUT2D eigenvalue weighted by atomic mass is 10.1. The molecule has 0 aliphatic carbocycles. The Morgan fingerprint density at radius 3 is 1.94 bits per heavy atom. The van der Waals surface area contributed by atoms with Crippen molar-refractivity contribution in [3.8, 4) is 0 Å². The highest BCUT2D eigenvalue weighted by molar-refractivity contribution is 4.75. The molecule has 0 aromatic heterocycles. The van der Waals surface area contributed by atoms with Gasteiger partial charge in [-0.3, -0.25) is 4.90 Å². The van der Waals surface area contributed by atoms with E-state index in [1.807, 2.05) is 0 Å². The van der Waals surface area contributed by atoms with Crippen LogP contribution in [0, 0.1) is 0 Å². The van der Waals surface area contributed by atoms with E-state index < -0.39 is 0 Å². The Kier molecular flexibility index (Phi) is 13.0. The van der Waals surface area contributed by atoms with Crippen LogP contribution < -0.4 is 28.3 Å². The van der Waals surface area contributed by atoms with Gasteiger partial charge in [0.15, 0.2) is 0 Å². The molecular formula is C12H32N6. The number of hydrogen-bond donors (Lipinski definition) is 5. The van der Waals surface area contributed by atoms with E-state index in [1.165, 1.54) is 0 Å². The number of nitrogens with one attached hydrogen (secondary N) is 1. The van der Waals surface area contributed by atoms with E-state index >= 15 is 0 Å². The Labute approximate surface area is 111 Å². The highest BCUT2D eigenvalue weighted by Gasteiger charge is 2.16. The molecule has 0 amide bonds. The lowest BCUT2D eigenvalue weighted by Gasteiger charge is -2.31. The van der Waals surface area contributed by atoms with Crippen LogP contribution in [0.15, 0.2) is 0 Å². The molecule has 0 fully saturated rings. The van der Waals surface area contributed by atoms with Crippen LogP contribution in [0.5, 0.6) is 0 Å². The zero-order valence-electron chi connectivity index (χ0n) is 11.6. The van der Waals surface area contributed by atoms with E-state index in [0.717, 1.165) is 58.5 Å². The van der Waals surface area contributed by atoms with Crippen molar-refractivity contribution in [2.75, 3.05) is 52.4 Å². The van der Waals surface area contributed by atoms with Gasteiger partial charge >= 0.3 is 0 Å². The van der Waals surface area contributed by atoms with Crippen LogP contribution in [0.3, 0.4) is 0 Å². The predicted molar refractivity (Wildman–Crippen MR) is 78.3 cm³/mol. The average molecular weight is 260 g/mol. The molecule has 18 heavy (non-hydrogen) atoms. The summed E-state index contributed by atoms with van der Waals surface area (Å²) in [6, 6.07) is 0.471. The van der Waals surface area contributed by atoms with Gasteiger partial charge in [0.2, 0.25) is 0 Å². The fourth-order valence-corrected chi connectivity index (χ4v) is 2.07. The zero-order valence-corrected chi connectivity index (χ0v) is 11.6. The van der Waals surface area contributed by atoms with Crippen LogP contribution in [-0.4, -0.2) is 63.3 Å². The number of hydrogen-bond acceptors (Lipinski definition) is 6. The molecule has 1 atom stereocenters. The SMILES string of the molecule is NCCCNCC(CCCN)N(CCN)CCN. The largest absolute Gasteiger partial charge is 0.330 e. The van der Waals surface area contributed by atoms with Gasteiger partial charge in [0.25, 0.3) is 0 Å². The second-order valence-corrected chi connectivity index (χ2v) is 4.54. The third kappa shape index (κ3) is 8.79. The van der Waals surface area contributed by atoms with Crippen molar-refractivity contribution >= 4 is 0 Å². The average Bonchev–Trinajstić information content (AvgIpc) is 2.38. The van der Waals surface area contributed by atoms with E-state index in [-0.39, 0.29) is 0 Å². The summed E-state index contributed by atoms with van der Waals surface area (Å²) >= 11 is 0. The monoisotopic (exact) mass is 260 g/mol. The van der Waals surface area contributed by atoms with E-state index in [9.17, 15) is 0 Å². The lowest BCUT2D eigenvalue weighted by Crippen LogP contribution is -2.47. The predicted octanol–water partition coefficient (Wildman–Crippen LogP) is -1.75. The molecule has 9 N–H and O–H groups in total. The van der Waals surface area contributed by atoms with Gasteiger partial charge in [0, 0.05) is 38.8 Å². The van der Waals surface area contributed by atoms with Crippen molar-refractivity contribution in [2.45, 2.75) is 25.3 Å². The fourth-order valence-electron chi connectivity index (χ4n) is 2.07. The van der Waals surface area contributed by atoms with E-state index in [1.54, 1.807) is 0 Å². The number of rotatable bonds is 13. The second-order valence-electron chi connectivity index (χ2n) is 4.54. The Morgan fingerprint density at radius 2 is 1.44 bits per heavy atom. The summed E-state index contributed by atoms with van der Waals surface area (Å²) in [7, 11) is 0. The van der Waals surface area contributed by atoms with Crippen LogP contribution in [0.4, 0.5) is 0 Å². The first kappa shape index (κ1) is 17.8. The first-order valence-electron chi connectivity index (χ1n) is 7.05. The molecule has 0 heterocycles. The Balaban J connectivity index is 4.13. The second kappa shape index (κ2) is 13.2. The molecule has 0 bridgehead atoms. The van der Waals surface area contributed by atoms with E-state index in [4.69, 9.17) is 22.9 Å². The first-order valence-corrected chi connectivity index (χ1v) is 7.05. The van der Waals surface area contributed by atoms with Gasteiger partial charge in [0.1, 0.15) is 0 Å². The minimum Gasteiger partial charge on any atom is -0.330 e. The Morgan fingerprint density at radius 1 is 0.833 bits per heavy atom. The third-order valence-corrected chi connectivity index (χ3v) is 3.03. The zero-order chi connectivity index (χ0) is 13.6. The molecule has 0 aliphatic heterocycles. The fraction of sp³-hybridized carbons (Fsp3) is 1.00. The van der Waals surface area contributed by atoms with E-state index in [2.05, 4.69) is 10.2 Å². The standard InChI is InChI=1S/C12H32N6/c13-4-1-3-12(11-17-8-2-5-14)18(9-6-15)10-7-16/h12,17H,1-11,13-16H2. The molecule has 0 aromatic rings. The molecule has 0 aromatic carbocycles. The van der Waals surface area contributed by atoms with Gasteiger partial charge in [-0.1, -0.05) is 0 Å². The molecule has 0 radical (unpaired) electrons. The van der Waals surface area contributed by atoms with Gasteiger partial charge in [-0.15, -0.1) is 0 Å². The minimum atomic E-state index is 0.471. The van der Waals surface area contributed by atoms with Crippen molar-refractivity contribution in [3.63, 3.8) is 0 Å². The lowest BCUT2D eigenvalue weighted by molar-refractivity contribution is 0.190. The topological polar surface area (TPSA) is 119 Å². The highest BCUT2D eigenvalue weighted by Crippen LogP contribution is 2.05. The van der Waals surface area contributed by atoms with Gasteiger partial charge in [-0.05, 0) is 38.9 Å². The van der Waals surface area contributed by atoms with Crippen LogP contribution in [0.25, 0.3) is 0 Å². The van der Waals surface area contributed by atoms with Crippen molar-refractivity contribution in [1.82, 2.24) is 10.2 Å².